The molecule has 0 radical (unpaired) electrons. The van der Waals surface area contributed by atoms with Crippen molar-refractivity contribution in [3.63, 3.8) is 0 Å². The molecule has 0 aliphatic heterocycles. The van der Waals surface area contributed by atoms with Crippen molar-refractivity contribution >= 4 is 28.3 Å². The van der Waals surface area contributed by atoms with Crippen molar-refractivity contribution in [3.05, 3.63) is 34.1 Å². The molecule has 0 bridgehead atoms. The van der Waals surface area contributed by atoms with Gasteiger partial charge >= 0.3 is 0 Å². The lowest BCUT2D eigenvalue weighted by Crippen LogP contribution is -2.07. The molecular formula is C8H10BrClFN. The van der Waals surface area contributed by atoms with Gasteiger partial charge in [-0.15, -0.1) is 12.4 Å². The van der Waals surface area contributed by atoms with E-state index in [1.807, 2.05) is 0 Å². The Balaban J connectivity index is 0.00000121. The zero-order chi connectivity index (χ0) is 8.43. The maximum Gasteiger partial charge on any atom is 0.142 e. The predicted molar refractivity (Wildman–Crippen MR) is 54.0 cm³/mol. The number of hydrogen-bond acceptors (Lipinski definition) is 1. The monoisotopic (exact) mass is 253 g/mol. The van der Waals surface area contributed by atoms with Crippen LogP contribution in [0.1, 0.15) is 18.5 Å². The first kappa shape index (κ1) is 11.9. The summed E-state index contributed by atoms with van der Waals surface area (Å²) in [5, 5.41) is 0. The predicted octanol–water partition coefficient (Wildman–Crippen LogP) is 3.03. The van der Waals surface area contributed by atoms with Gasteiger partial charge in [0.15, 0.2) is 0 Å². The average molecular weight is 255 g/mol. The summed E-state index contributed by atoms with van der Waals surface area (Å²) in [5.74, 6) is -0.262. The van der Waals surface area contributed by atoms with Crippen molar-refractivity contribution in [2.45, 2.75) is 13.0 Å². The standard InChI is InChI=1S/C8H9BrFN.ClH/c1-5(11)6-3-2-4-7(9)8(6)10;/h2-5H,11H2,1H3;1H/t5-;/m0./s1. The third kappa shape index (κ3) is 2.44. The van der Waals surface area contributed by atoms with Crippen molar-refractivity contribution in [1.82, 2.24) is 0 Å². The lowest BCUT2D eigenvalue weighted by molar-refractivity contribution is 0.587. The van der Waals surface area contributed by atoms with E-state index < -0.39 is 0 Å². The summed E-state index contributed by atoms with van der Waals surface area (Å²) < 4.78 is 13.6. The molecule has 1 nitrogen and oxygen atoms in total. The van der Waals surface area contributed by atoms with E-state index >= 15 is 0 Å². The minimum absolute atomic E-state index is 0. The third-order valence-corrected chi connectivity index (χ3v) is 2.08. The van der Waals surface area contributed by atoms with Gasteiger partial charge in [-0.05, 0) is 28.9 Å². The van der Waals surface area contributed by atoms with Gasteiger partial charge in [-0.2, -0.15) is 0 Å². The second-order valence-electron chi connectivity index (χ2n) is 2.43. The van der Waals surface area contributed by atoms with Gasteiger partial charge in [-0.3, -0.25) is 0 Å². The molecule has 1 aromatic carbocycles. The second kappa shape index (κ2) is 4.80. The Labute approximate surface area is 85.7 Å². The highest BCUT2D eigenvalue weighted by molar-refractivity contribution is 9.10. The van der Waals surface area contributed by atoms with Gasteiger partial charge < -0.3 is 5.73 Å². The summed E-state index contributed by atoms with van der Waals surface area (Å²) in [5.41, 5.74) is 6.06. The van der Waals surface area contributed by atoms with Crippen molar-refractivity contribution in [2.75, 3.05) is 0 Å². The summed E-state index contributed by atoms with van der Waals surface area (Å²) in [7, 11) is 0. The second-order valence-corrected chi connectivity index (χ2v) is 3.29. The number of nitrogens with two attached hydrogens (primary N) is 1. The Bertz CT molecular complexity index is 265. The maximum atomic E-state index is 13.1. The highest BCUT2D eigenvalue weighted by atomic mass is 79.9. The van der Waals surface area contributed by atoms with Crippen molar-refractivity contribution in [2.24, 2.45) is 5.73 Å². The van der Waals surface area contributed by atoms with E-state index in [9.17, 15) is 4.39 Å². The largest absolute Gasteiger partial charge is 0.324 e. The summed E-state index contributed by atoms with van der Waals surface area (Å²) in [4.78, 5) is 0. The summed E-state index contributed by atoms with van der Waals surface area (Å²) in [6.07, 6.45) is 0. The molecule has 0 unspecified atom stereocenters. The van der Waals surface area contributed by atoms with E-state index in [0.29, 0.717) is 10.0 Å². The molecule has 68 valence electrons. The lowest BCUT2D eigenvalue weighted by atomic mass is 10.1. The van der Waals surface area contributed by atoms with Crippen molar-refractivity contribution < 1.29 is 4.39 Å². The molecule has 2 N–H and O–H groups in total. The minimum atomic E-state index is -0.262. The zero-order valence-electron chi connectivity index (χ0n) is 6.55. The van der Waals surface area contributed by atoms with Gasteiger partial charge in [0.25, 0.3) is 0 Å². The summed E-state index contributed by atoms with van der Waals surface area (Å²) in [6.45, 7) is 1.75. The molecule has 1 aromatic rings. The number of halogens is 3. The van der Waals surface area contributed by atoms with Gasteiger partial charge in [-0.25, -0.2) is 4.39 Å². The van der Waals surface area contributed by atoms with E-state index in [2.05, 4.69) is 15.9 Å². The molecule has 0 amide bonds. The van der Waals surface area contributed by atoms with Crippen LogP contribution in [0.25, 0.3) is 0 Å². The van der Waals surface area contributed by atoms with Gasteiger partial charge in [0, 0.05) is 11.6 Å². The van der Waals surface area contributed by atoms with E-state index in [4.69, 9.17) is 5.73 Å². The third-order valence-electron chi connectivity index (χ3n) is 1.47. The first-order valence-corrected chi connectivity index (χ1v) is 4.11. The van der Waals surface area contributed by atoms with Crippen molar-refractivity contribution in [3.8, 4) is 0 Å². The van der Waals surface area contributed by atoms with Crippen LogP contribution in [0.3, 0.4) is 0 Å². The quantitative estimate of drug-likeness (QED) is 0.819. The molecule has 0 spiro atoms. The molecule has 12 heavy (non-hydrogen) atoms. The number of hydrogen-bond donors (Lipinski definition) is 1. The molecule has 0 saturated carbocycles. The summed E-state index contributed by atoms with van der Waals surface area (Å²) >= 11 is 3.08. The molecule has 4 heteroatoms. The smallest absolute Gasteiger partial charge is 0.142 e. The fourth-order valence-electron chi connectivity index (χ4n) is 0.872. The molecule has 0 aromatic heterocycles. The fraction of sp³-hybridized carbons (Fsp3) is 0.250. The SMILES string of the molecule is C[C@H](N)c1cccc(Br)c1F.Cl. The Morgan fingerprint density at radius 1 is 1.50 bits per heavy atom. The molecule has 1 atom stereocenters. The molecule has 0 aliphatic carbocycles. The van der Waals surface area contributed by atoms with Crippen LogP contribution in [0, 0.1) is 5.82 Å². The summed E-state index contributed by atoms with van der Waals surface area (Å²) in [6, 6.07) is 4.85. The van der Waals surface area contributed by atoms with E-state index in [1.165, 1.54) is 0 Å². The first-order valence-electron chi connectivity index (χ1n) is 3.32. The van der Waals surface area contributed by atoms with Gasteiger partial charge in [0.1, 0.15) is 5.82 Å². The van der Waals surface area contributed by atoms with E-state index in [-0.39, 0.29) is 24.3 Å². The first-order chi connectivity index (χ1) is 5.13. The van der Waals surface area contributed by atoms with Crippen LogP contribution in [0.2, 0.25) is 0 Å². The van der Waals surface area contributed by atoms with Crippen LogP contribution in [-0.2, 0) is 0 Å². The van der Waals surface area contributed by atoms with E-state index in [1.54, 1.807) is 25.1 Å². The topological polar surface area (TPSA) is 26.0 Å². The number of rotatable bonds is 1. The maximum absolute atomic E-state index is 13.1. The van der Waals surface area contributed by atoms with Crippen LogP contribution in [0.5, 0.6) is 0 Å². The Morgan fingerprint density at radius 3 is 2.50 bits per heavy atom. The fourth-order valence-corrected chi connectivity index (χ4v) is 1.25. The molecular weight excluding hydrogens is 244 g/mol. The molecule has 1 rings (SSSR count). The lowest BCUT2D eigenvalue weighted by Gasteiger charge is -2.06. The number of benzene rings is 1. The Kier molecular flexibility index (Phi) is 4.75. The minimum Gasteiger partial charge on any atom is -0.324 e. The van der Waals surface area contributed by atoms with Gasteiger partial charge in [0.2, 0.25) is 0 Å². The highest BCUT2D eigenvalue weighted by Gasteiger charge is 2.08. The molecule has 0 saturated heterocycles. The van der Waals surface area contributed by atoms with Crippen LogP contribution in [-0.4, -0.2) is 0 Å². The Morgan fingerprint density at radius 2 is 2.08 bits per heavy atom. The zero-order valence-corrected chi connectivity index (χ0v) is 8.95. The Hall–Kier alpha value is -0.120. The van der Waals surface area contributed by atoms with Gasteiger partial charge in [0.05, 0.1) is 4.47 Å². The normalized spacial score (nSPS) is 12.0. The highest BCUT2D eigenvalue weighted by Crippen LogP contribution is 2.21. The van der Waals surface area contributed by atoms with E-state index in [0.717, 1.165) is 0 Å². The molecule has 0 fully saturated rings. The van der Waals surface area contributed by atoms with Crippen LogP contribution >= 0.6 is 28.3 Å². The average Bonchev–Trinajstić information content (AvgIpc) is 1.94. The molecule has 0 aliphatic rings. The molecule has 0 heterocycles. The van der Waals surface area contributed by atoms with Crippen LogP contribution in [0.15, 0.2) is 22.7 Å². The van der Waals surface area contributed by atoms with Crippen LogP contribution in [0.4, 0.5) is 4.39 Å². The van der Waals surface area contributed by atoms with Gasteiger partial charge in [-0.1, -0.05) is 12.1 Å². The van der Waals surface area contributed by atoms with Crippen molar-refractivity contribution in [1.29, 1.82) is 0 Å². The van der Waals surface area contributed by atoms with Crippen LogP contribution < -0.4 is 5.73 Å².